The molecule has 0 amide bonds. The van der Waals surface area contributed by atoms with Gasteiger partial charge in [0.05, 0.1) is 18.9 Å². The molecule has 2 nitrogen and oxygen atoms in total. The van der Waals surface area contributed by atoms with E-state index in [1.165, 1.54) is 0 Å². The Morgan fingerprint density at radius 2 is 2.09 bits per heavy atom. The number of hydrogen-bond acceptors (Lipinski definition) is 2. The summed E-state index contributed by atoms with van der Waals surface area (Å²) in [7, 11) is 0. The molecule has 1 fully saturated rings. The van der Waals surface area contributed by atoms with E-state index in [9.17, 15) is 0 Å². The molecule has 0 radical (unpaired) electrons. The second-order valence-electron chi connectivity index (χ2n) is 2.37. The van der Waals surface area contributed by atoms with Gasteiger partial charge in [-0.2, -0.15) is 0 Å². The van der Waals surface area contributed by atoms with Crippen LogP contribution in [0.25, 0.3) is 0 Å². The minimum absolute atomic E-state index is 0.791. The molecule has 0 spiro atoms. The van der Waals surface area contributed by atoms with E-state index in [1.807, 2.05) is 0 Å². The predicted octanol–water partition coefficient (Wildman–Crippen LogP) is 1.17. The fourth-order valence-electron chi connectivity index (χ4n) is 1.12. The highest BCUT2D eigenvalue weighted by molar-refractivity contribution is 5.13. The van der Waals surface area contributed by atoms with E-state index in [0.717, 1.165) is 32.0 Å². The molecular formula is C9H13NO. The molecule has 60 valence electrons. The molecule has 1 aliphatic rings. The van der Waals surface area contributed by atoms with Crippen molar-refractivity contribution in [2.45, 2.75) is 0 Å². The molecule has 0 aliphatic carbocycles. The first kappa shape index (κ1) is 8.12. The molecule has 0 unspecified atom stereocenters. The van der Waals surface area contributed by atoms with Crippen molar-refractivity contribution in [1.29, 1.82) is 0 Å². The maximum absolute atomic E-state index is 5.20. The summed E-state index contributed by atoms with van der Waals surface area (Å²) in [6.07, 6.45) is 1.78. The van der Waals surface area contributed by atoms with Crippen LogP contribution in [0.3, 0.4) is 0 Å². The van der Waals surface area contributed by atoms with Crippen molar-refractivity contribution in [3.8, 4) is 0 Å². The average molecular weight is 151 g/mol. The first-order valence-electron chi connectivity index (χ1n) is 3.73. The summed E-state index contributed by atoms with van der Waals surface area (Å²) in [6, 6.07) is 0. The number of ether oxygens (including phenoxy) is 1. The highest BCUT2D eigenvalue weighted by Crippen LogP contribution is 2.06. The van der Waals surface area contributed by atoms with Gasteiger partial charge in [0.2, 0.25) is 0 Å². The van der Waals surface area contributed by atoms with Crippen LogP contribution in [0.2, 0.25) is 0 Å². The smallest absolute Gasteiger partial charge is 0.0789 e. The standard InChI is InChI=1S/C9H13NO/c1-3-9(4-2)10-5-7-11-8-6-10/h3H,1-2,5-8H2. The number of allylic oxidation sites excluding steroid dienone is 1. The van der Waals surface area contributed by atoms with Crippen molar-refractivity contribution in [2.24, 2.45) is 0 Å². The maximum Gasteiger partial charge on any atom is 0.0789 e. The van der Waals surface area contributed by atoms with Gasteiger partial charge in [0.25, 0.3) is 0 Å². The average Bonchev–Trinajstić information content (AvgIpc) is 2.09. The molecule has 0 atom stereocenters. The molecule has 0 saturated carbocycles. The molecular weight excluding hydrogens is 138 g/mol. The van der Waals surface area contributed by atoms with Crippen LogP contribution >= 0.6 is 0 Å². The van der Waals surface area contributed by atoms with E-state index in [1.54, 1.807) is 6.08 Å². The van der Waals surface area contributed by atoms with Crippen molar-refractivity contribution in [1.82, 2.24) is 4.90 Å². The minimum Gasteiger partial charge on any atom is -0.378 e. The van der Waals surface area contributed by atoms with Gasteiger partial charge in [-0.1, -0.05) is 13.2 Å². The molecule has 0 bridgehead atoms. The number of morpholine rings is 1. The molecule has 1 aliphatic heterocycles. The zero-order chi connectivity index (χ0) is 8.10. The fourth-order valence-corrected chi connectivity index (χ4v) is 1.12. The van der Waals surface area contributed by atoms with Gasteiger partial charge < -0.3 is 9.64 Å². The molecule has 0 aromatic carbocycles. The Kier molecular flexibility index (Phi) is 2.96. The predicted molar refractivity (Wildman–Crippen MR) is 45.2 cm³/mol. The van der Waals surface area contributed by atoms with Gasteiger partial charge in [-0.15, -0.1) is 5.73 Å². The molecule has 0 aromatic heterocycles. The summed E-state index contributed by atoms with van der Waals surface area (Å²) in [5.74, 6) is 0. The first-order valence-corrected chi connectivity index (χ1v) is 3.73. The third-order valence-corrected chi connectivity index (χ3v) is 1.73. The van der Waals surface area contributed by atoms with Crippen LogP contribution in [0.1, 0.15) is 0 Å². The van der Waals surface area contributed by atoms with Gasteiger partial charge >= 0.3 is 0 Å². The highest BCUT2D eigenvalue weighted by atomic mass is 16.5. The lowest BCUT2D eigenvalue weighted by molar-refractivity contribution is 0.0555. The fraction of sp³-hybridized carbons (Fsp3) is 0.444. The topological polar surface area (TPSA) is 12.5 Å². The van der Waals surface area contributed by atoms with Gasteiger partial charge in [-0.05, 0) is 6.08 Å². The summed E-state index contributed by atoms with van der Waals surface area (Å²) in [6.45, 7) is 10.7. The second-order valence-corrected chi connectivity index (χ2v) is 2.37. The van der Waals surface area contributed by atoms with E-state index in [0.29, 0.717) is 0 Å². The monoisotopic (exact) mass is 151 g/mol. The lowest BCUT2D eigenvalue weighted by Crippen LogP contribution is -2.34. The van der Waals surface area contributed by atoms with Gasteiger partial charge in [0.15, 0.2) is 0 Å². The van der Waals surface area contributed by atoms with Crippen LogP contribution in [0, 0.1) is 0 Å². The zero-order valence-corrected chi connectivity index (χ0v) is 6.68. The lowest BCUT2D eigenvalue weighted by Gasteiger charge is -2.28. The molecule has 0 N–H and O–H groups in total. The van der Waals surface area contributed by atoms with Crippen molar-refractivity contribution in [3.63, 3.8) is 0 Å². The summed E-state index contributed by atoms with van der Waals surface area (Å²) < 4.78 is 5.20. The molecule has 2 heteroatoms. The van der Waals surface area contributed by atoms with E-state index in [4.69, 9.17) is 4.74 Å². The molecule has 1 saturated heterocycles. The van der Waals surface area contributed by atoms with Crippen LogP contribution in [0.4, 0.5) is 0 Å². The SMILES string of the molecule is C=C=C(C=C)N1CCOCC1. The Balaban J connectivity index is 2.57. The van der Waals surface area contributed by atoms with Gasteiger partial charge in [0.1, 0.15) is 0 Å². The van der Waals surface area contributed by atoms with E-state index >= 15 is 0 Å². The number of rotatable bonds is 2. The van der Waals surface area contributed by atoms with Gasteiger partial charge in [-0.3, -0.25) is 0 Å². The minimum atomic E-state index is 0.791. The Morgan fingerprint density at radius 1 is 1.45 bits per heavy atom. The first-order chi connectivity index (χ1) is 5.38. The van der Waals surface area contributed by atoms with Crippen LogP contribution in [0.15, 0.2) is 30.7 Å². The second kappa shape index (κ2) is 4.02. The normalized spacial score (nSPS) is 17.3. The van der Waals surface area contributed by atoms with Crippen LogP contribution in [0.5, 0.6) is 0 Å². The molecule has 0 aromatic rings. The Hall–Kier alpha value is -0.980. The quantitative estimate of drug-likeness (QED) is 0.434. The van der Waals surface area contributed by atoms with Crippen molar-refractivity contribution in [3.05, 3.63) is 30.7 Å². The van der Waals surface area contributed by atoms with Gasteiger partial charge in [0, 0.05) is 13.1 Å². The molecule has 11 heavy (non-hydrogen) atoms. The largest absolute Gasteiger partial charge is 0.378 e. The summed E-state index contributed by atoms with van der Waals surface area (Å²) in [5.41, 5.74) is 3.82. The zero-order valence-electron chi connectivity index (χ0n) is 6.68. The lowest BCUT2D eigenvalue weighted by atomic mass is 10.3. The summed E-state index contributed by atoms with van der Waals surface area (Å²) in [4.78, 5) is 2.17. The third kappa shape index (κ3) is 1.97. The Morgan fingerprint density at radius 3 is 2.55 bits per heavy atom. The Bertz CT molecular complexity index is 186. The number of hydrogen-bond donors (Lipinski definition) is 0. The van der Waals surface area contributed by atoms with Crippen LogP contribution in [-0.4, -0.2) is 31.2 Å². The van der Waals surface area contributed by atoms with E-state index in [-0.39, 0.29) is 0 Å². The number of nitrogens with zero attached hydrogens (tertiary/aromatic N) is 1. The van der Waals surface area contributed by atoms with Gasteiger partial charge in [-0.25, -0.2) is 0 Å². The molecule has 1 heterocycles. The van der Waals surface area contributed by atoms with Crippen molar-refractivity contribution in [2.75, 3.05) is 26.3 Å². The molecule has 1 rings (SSSR count). The van der Waals surface area contributed by atoms with Crippen LogP contribution < -0.4 is 0 Å². The van der Waals surface area contributed by atoms with Crippen molar-refractivity contribution >= 4 is 0 Å². The van der Waals surface area contributed by atoms with E-state index in [2.05, 4.69) is 23.8 Å². The summed E-state index contributed by atoms with van der Waals surface area (Å²) in [5, 5.41) is 0. The third-order valence-electron chi connectivity index (χ3n) is 1.73. The maximum atomic E-state index is 5.20. The van der Waals surface area contributed by atoms with Crippen LogP contribution in [-0.2, 0) is 4.74 Å². The van der Waals surface area contributed by atoms with Crippen molar-refractivity contribution < 1.29 is 4.74 Å². The highest BCUT2D eigenvalue weighted by Gasteiger charge is 2.09. The Labute approximate surface area is 67.5 Å². The summed E-state index contributed by atoms with van der Waals surface area (Å²) >= 11 is 0. The van der Waals surface area contributed by atoms with E-state index < -0.39 is 0 Å².